The molecule has 0 bridgehead atoms. The predicted octanol–water partition coefficient (Wildman–Crippen LogP) is -0.422. The maximum Gasteiger partial charge on any atom is -0.0411 e. The van der Waals surface area contributed by atoms with Crippen LogP contribution in [0, 0.1) is 5.41 Å². The summed E-state index contributed by atoms with van der Waals surface area (Å²) in [5.41, 5.74) is 0.500. The van der Waals surface area contributed by atoms with E-state index in [9.17, 15) is 0 Å². The van der Waals surface area contributed by atoms with E-state index in [2.05, 4.69) is 27.7 Å². The zero-order valence-electron chi connectivity index (χ0n) is 6.00. The summed E-state index contributed by atoms with van der Waals surface area (Å²) in [4.78, 5) is 0. The molecule has 8 heavy (non-hydrogen) atoms. The van der Waals surface area contributed by atoms with E-state index >= 15 is 0 Å². The third kappa shape index (κ3) is 9720. The third-order valence-corrected chi connectivity index (χ3v) is 0. The summed E-state index contributed by atoms with van der Waals surface area (Å²) < 4.78 is 0. The quantitative estimate of drug-likeness (QED) is 0.421. The van der Waals surface area contributed by atoms with Gasteiger partial charge >= 0.3 is 0 Å². The Morgan fingerprint density at radius 3 is 0.625 bits per heavy atom. The van der Waals surface area contributed by atoms with Crippen LogP contribution in [0.5, 0.6) is 0 Å². The minimum Gasteiger partial charge on any atom is -0.412 e. The molecule has 6 N–H and O–H groups in total. The van der Waals surface area contributed by atoms with E-state index in [0.717, 1.165) is 0 Å². The van der Waals surface area contributed by atoms with Gasteiger partial charge in [0.1, 0.15) is 0 Å². The molecule has 0 aromatic heterocycles. The Balaban J connectivity index is -0.0000000267. The Kier molecular flexibility index (Phi) is 21.3. The van der Waals surface area contributed by atoms with Gasteiger partial charge in [0.25, 0.3) is 0 Å². The Hall–Kier alpha value is -0.120. The van der Waals surface area contributed by atoms with Crippen LogP contribution in [0.4, 0.5) is 0 Å². The number of hydrogen-bond acceptors (Lipinski definition) is 0. The Bertz CT molecular complexity index is 23.1. The molecule has 56 valence electrons. The summed E-state index contributed by atoms with van der Waals surface area (Å²) in [5, 5.41) is 0. The van der Waals surface area contributed by atoms with Crippen molar-refractivity contribution in [3.05, 3.63) is 0 Å². The van der Waals surface area contributed by atoms with Gasteiger partial charge in [0.2, 0.25) is 0 Å². The molecule has 0 aliphatic heterocycles. The van der Waals surface area contributed by atoms with E-state index in [-0.39, 0.29) is 16.4 Å². The van der Waals surface area contributed by atoms with Crippen LogP contribution in [0.15, 0.2) is 0 Å². The highest BCUT2D eigenvalue weighted by atomic mass is 16.0. The van der Waals surface area contributed by atoms with E-state index in [1.165, 1.54) is 0 Å². The lowest BCUT2D eigenvalue weighted by atomic mass is 10.0. The van der Waals surface area contributed by atoms with Gasteiger partial charge in [-0.3, -0.25) is 0 Å². The van der Waals surface area contributed by atoms with E-state index in [1.54, 1.807) is 0 Å². The van der Waals surface area contributed by atoms with Crippen molar-refractivity contribution in [2.75, 3.05) is 0 Å². The number of hydrogen-bond donors (Lipinski definition) is 0. The van der Waals surface area contributed by atoms with Crippen LogP contribution in [0.25, 0.3) is 0 Å². The highest BCUT2D eigenvalue weighted by Crippen LogP contribution is 2.07. The van der Waals surface area contributed by atoms with Crippen molar-refractivity contribution >= 4 is 0 Å². The normalized spacial score (nSPS) is 7.50. The molecule has 0 aromatic rings. The van der Waals surface area contributed by atoms with Crippen molar-refractivity contribution in [1.82, 2.24) is 0 Å². The zero-order chi connectivity index (χ0) is 4.50. The fourth-order valence-electron chi connectivity index (χ4n) is 0. The second-order valence-electron chi connectivity index (χ2n) is 3.00. The molecule has 0 rings (SSSR count). The van der Waals surface area contributed by atoms with Gasteiger partial charge in [-0.05, 0) is 5.41 Å². The molecular formula is C5H18O3. The second-order valence-corrected chi connectivity index (χ2v) is 3.00. The van der Waals surface area contributed by atoms with Crippen LogP contribution in [0.3, 0.4) is 0 Å². The lowest BCUT2D eigenvalue weighted by Crippen LogP contribution is -1.93. The summed E-state index contributed by atoms with van der Waals surface area (Å²) in [7, 11) is 0. The smallest absolute Gasteiger partial charge is 0.0411 e. The molecule has 0 unspecified atom stereocenters. The first-order valence-corrected chi connectivity index (χ1v) is 2.00. The monoisotopic (exact) mass is 126 g/mol. The first-order valence-electron chi connectivity index (χ1n) is 2.00. The Labute approximate surface area is 50.6 Å². The molecule has 0 radical (unpaired) electrons. The average molecular weight is 126 g/mol. The second kappa shape index (κ2) is 6.88. The van der Waals surface area contributed by atoms with Gasteiger partial charge in [-0.15, -0.1) is 0 Å². The summed E-state index contributed by atoms with van der Waals surface area (Å²) in [6, 6.07) is 0. The largest absolute Gasteiger partial charge is 0.412 e. The fraction of sp³-hybridized carbons (Fsp3) is 1.00. The Morgan fingerprint density at radius 1 is 0.625 bits per heavy atom. The number of rotatable bonds is 0. The van der Waals surface area contributed by atoms with Crippen LogP contribution in [-0.2, 0) is 0 Å². The zero-order valence-corrected chi connectivity index (χ0v) is 6.00. The van der Waals surface area contributed by atoms with Crippen molar-refractivity contribution in [1.29, 1.82) is 0 Å². The molecule has 0 amide bonds. The van der Waals surface area contributed by atoms with Crippen LogP contribution in [-0.4, -0.2) is 16.4 Å². The van der Waals surface area contributed by atoms with Crippen LogP contribution < -0.4 is 0 Å². The van der Waals surface area contributed by atoms with Gasteiger partial charge < -0.3 is 16.4 Å². The molecule has 0 aliphatic carbocycles. The first-order chi connectivity index (χ1) is 2.00. The molecule has 0 spiro atoms. The van der Waals surface area contributed by atoms with Gasteiger partial charge in [-0.2, -0.15) is 0 Å². The molecule has 0 saturated heterocycles. The lowest BCUT2D eigenvalue weighted by molar-refractivity contribution is 0.469. The summed E-state index contributed by atoms with van der Waals surface area (Å²) in [6.45, 7) is 8.75. The van der Waals surface area contributed by atoms with Crippen LogP contribution >= 0.6 is 0 Å². The molecular weight excluding hydrogens is 108 g/mol. The molecule has 3 heteroatoms. The molecule has 0 heterocycles. The summed E-state index contributed by atoms with van der Waals surface area (Å²) >= 11 is 0. The van der Waals surface area contributed by atoms with Gasteiger partial charge in [-0.25, -0.2) is 0 Å². The van der Waals surface area contributed by atoms with E-state index in [0.29, 0.717) is 5.41 Å². The van der Waals surface area contributed by atoms with Gasteiger partial charge in [-0.1, -0.05) is 27.7 Å². The predicted molar refractivity (Wildman–Crippen MR) is 36.0 cm³/mol. The van der Waals surface area contributed by atoms with Crippen molar-refractivity contribution in [2.24, 2.45) is 5.41 Å². The van der Waals surface area contributed by atoms with Crippen molar-refractivity contribution in [3.8, 4) is 0 Å². The van der Waals surface area contributed by atoms with Gasteiger partial charge in [0.15, 0.2) is 0 Å². The lowest BCUT2D eigenvalue weighted by Gasteiger charge is -2.05. The molecule has 0 aromatic carbocycles. The summed E-state index contributed by atoms with van der Waals surface area (Å²) in [5.74, 6) is 0. The maximum absolute atomic E-state index is 2.19. The van der Waals surface area contributed by atoms with Crippen LogP contribution in [0.2, 0.25) is 0 Å². The topological polar surface area (TPSA) is 94.5 Å². The third-order valence-electron chi connectivity index (χ3n) is 0. The fourth-order valence-corrected chi connectivity index (χ4v) is 0. The highest BCUT2D eigenvalue weighted by molar-refractivity contribution is 4.47. The van der Waals surface area contributed by atoms with Gasteiger partial charge in [0.05, 0.1) is 0 Å². The Morgan fingerprint density at radius 2 is 0.625 bits per heavy atom. The van der Waals surface area contributed by atoms with Crippen molar-refractivity contribution in [2.45, 2.75) is 27.7 Å². The van der Waals surface area contributed by atoms with Crippen molar-refractivity contribution < 1.29 is 16.4 Å². The van der Waals surface area contributed by atoms with E-state index < -0.39 is 0 Å². The van der Waals surface area contributed by atoms with Gasteiger partial charge in [0, 0.05) is 0 Å². The minimum absolute atomic E-state index is 0. The molecule has 0 fully saturated rings. The molecule has 0 aliphatic rings. The average Bonchev–Trinajstić information content (AvgIpc) is 0.722. The highest BCUT2D eigenvalue weighted by Gasteiger charge is 1.95. The van der Waals surface area contributed by atoms with Crippen LogP contribution in [0.1, 0.15) is 27.7 Å². The standard InChI is InChI=1S/C5H12.3H2O/c1-5(2,3)4;;;/h1-4H3;3*1H2. The maximum atomic E-state index is 2.19. The molecule has 3 nitrogen and oxygen atoms in total. The van der Waals surface area contributed by atoms with Crippen molar-refractivity contribution in [3.63, 3.8) is 0 Å². The van der Waals surface area contributed by atoms with E-state index in [1.807, 2.05) is 0 Å². The molecule has 0 atom stereocenters. The minimum atomic E-state index is 0. The molecule has 0 saturated carbocycles. The summed E-state index contributed by atoms with van der Waals surface area (Å²) in [6.07, 6.45) is 0. The first kappa shape index (κ1) is 24.8. The SMILES string of the molecule is CC(C)(C)C.O.O.O. The van der Waals surface area contributed by atoms with E-state index in [4.69, 9.17) is 0 Å².